The molecule has 2 N–H and O–H groups in total. The molecule has 3 atom stereocenters. The highest BCUT2D eigenvalue weighted by molar-refractivity contribution is 5.80. The summed E-state index contributed by atoms with van der Waals surface area (Å²) in [5.41, 5.74) is 0.160. The smallest absolute Gasteiger partial charge is 0.377 e. The molecular formula is C20H26F3N3O. The van der Waals surface area contributed by atoms with Gasteiger partial charge in [-0.15, -0.1) is 0 Å². The minimum absolute atomic E-state index is 0.203. The Hall–Kier alpha value is -1.76. The lowest BCUT2D eigenvalue weighted by atomic mass is 9.54. The Kier molecular flexibility index (Phi) is 4.82. The lowest BCUT2D eigenvalue weighted by Crippen LogP contribution is -2.69. The molecule has 27 heavy (non-hydrogen) atoms. The van der Waals surface area contributed by atoms with E-state index in [2.05, 4.69) is 15.6 Å². The van der Waals surface area contributed by atoms with Crippen LogP contribution in [0.4, 0.5) is 13.2 Å². The number of ether oxygens (including phenoxy) is 1. The van der Waals surface area contributed by atoms with Gasteiger partial charge in [0.15, 0.2) is 5.96 Å². The van der Waals surface area contributed by atoms with Crippen molar-refractivity contribution in [3.05, 3.63) is 35.4 Å². The van der Waals surface area contributed by atoms with E-state index in [4.69, 9.17) is 4.74 Å². The number of guanidine groups is 1. The molecule has 1 aromatic carbocycles. The molecule has 4 rings (SSSR count). The Balaban J connectivity index is 1.40. The third-order valence-electron chi connectivity index (χ3n) is 6.52. The van der Waals surface area contributed by atoms with E-state index in [-0.39, 0.29) is 5.41 Å². The van der Waals surface area contributed by atoms with Gasteiger partial charge in [-0.1, -0.05) is 25.0 Å². The van der Waals surface area contributed by atoms with Crippen LogP contribution < -0.4 is 10.6 Å². The number of alkyl halides is 3. The minimum Gasteiger partial charge on any atom is -0.377 e. The van der Waals surface area contributed by atoms with Crippen LogP contribution in [0.3, 0.4) is 0 Å². The maximum atomic E-state index is 12.9. The van der Waals surface area contributed by atoms with Gasteiger partial charge in [0, 0.05) is 37.6 Å². The number of nitrogens with zero attached hydrogens (tertiary/aromatic N) is 1. The molecule has 0 bridgehead atoms. The van der Waals surface area contributed by atoms with Crippen molar-refractivity contribution in [3.8, 4) is 0 Å². The van der Waals surface area contributed by atoms with E-state index in [1.54, 1.807) is 13.1 Å². The van der Waals surface area contributed by atoms with Crippen molar-refractivity contribution in [1.82, 2.24) is 10.6 Å². The fourth-order valence-corrected chi connectivity index (χ4v) is 5.29. The number of nitrogens with one attached hydrogen (secondary N) is 2. The van der Waals surface area contributed by atoms with E-state index in [0.29, 0.717) is 36.1 Å². The van der Waals surface area contributed by atoms with Crippen LogP contribution in [0, 0.1) is 11.3 Å². The quantitative estimate of drug-likeness (QED) is 0.620. The molecule has 1 saturated heterocycles. The van der Waals surface area contributed by atoms with Gasteiger partial charge in [0.25, 0.3) is 0 Å². The Morgan fingerprint density at radius 2 is 2.07 bits per heavy atom. The van der Waals surface area contributed by atoms with Crippen LogP contribution in [0.15, 0.2) is 29.3 Å². The van der Waals surface area contributed by atoms with Crippen LogP contribution in [-0.2, 0) is 17.5 Å². The van der Waals surface area contributed by atoms with Crippen molar-refractivity contribution < 1.29 is 17.9 Å². The first kappa shape index (κ1) is 18.6. The SMILES string of the molecule is CN=C(NCc1cccc(C(F)(F)F)c1)NC1C2CCOC2C12CCCC2. The van der Waals surface area contributed by atoms with Crippen LogP contribution in [0.1, 0.15) is 43.2 Å². The van der Waals surface area contributed by atoms with Gasteiger partial charge in [0.2, 0.25) is 0 Å². The lowest BCUT2D eigenvalue weighted by molar-refractivity contribution is -0.137. The highest BCUT2D eigenvalue weighted by atomic mass is 19.4. The predicted octanol–water partition coefficient (Wildman–Crippen LogP) is 3.72. The second-order valence-corrected chi connectivity index (χ2v) is 7.93. The Morgan fingerprint density at radius 1 is 1.30 bits per heavy atom. The van der Waals surface area contributed by atoms with Gasteiger partial charge in [-0.3, -0.25) is 4.99 Å². The molecule has 1 spiro atoms. The molecule has 0 radical (unpaired) electrons. The second kappa shape index (κ2) is 7.00. The van der Waals surface area contributed by atoms with Crippen LogP contribution in [-0.4, -0.2) is 31.8 Å². The van der Waals surface area contributed by atoms with Crippen LogP contribution in [0.25, 0.3) is 0 Å². The monoisotopic (exact) mass is 381 g/mol. The van der Waals surface area contributed by atoms with E-state index in [1.807, 2.05) is 0 Å². The molecule has 2 saturated carbocycles. The summed E-state index contributed by atoms with van der Waals surface area (Å²) in [5.74, 6) is 1.16. The topological polar surface area (TPSA) is 45.7 Å². The van der Waals surface area contributed by atoms with Gasteiger partial charge in [-0.2, -0.15) is 13.2 Å². The third-order valence-corrected chi connectivity index (χ3v) is 6.52. The molecule has 3 unspecified atom stereocenters. The second-order valence-electron chi connectivity index (χ2n) is 7.93. The summed E-state index contributed by atoms with van der Waals surface area (Å²) in [7, 11) is 1.70. The molecule has 0 amide bonds. The summed E-state index contributed by atoms with van der Waals surface area (Å²) in [4.78, 5) is 4.30. The fraction of sp³-hybridized carbons (Fsp3) is 0.650. The third kappa shape index (κ3) is 3.30. The number of halogens is 3. The van der Waals surface area contributed by atoms with Crippen molar-refractivity contribution in [2.24, 2.45) is 16.3 Å². The normalized spacial score (nSPS) is 29.5. The number of rotatable bonds is 3. The van der Waals surface area contributed by atoms with Crippen molar-refractivity contribution in [2.75, 3.05) is 13.7 Å². The first-order valence-corrected chi connectivity index (χ1v) is 9.69. The standard InChI is InChI=1S/C20H26F3N3O/c1-24-18(25-12-13-5-4-6-14(11-13)20(21,22)23)26-16-15-7-10-27-17(15)19(16)8-2-3-9-19/h4-6,11,15-17H,2-3,7-10,12H2,1H3,(H2,24,25,26). The zero-order valence-corrected chi connectivity index (χ0v) is 15.5. The molecule has 0 aromatic heterocycles. The molecular weight excluding hydrogens is 355 g/mol. The molecule has 1 heterocycles. The Bertz CT molecular complexity index is 713. The minimum atomic E-state index is -4.33. The summed E-state index contributed by atoms with van der Waals surface area (Å²) in [6, 6.07) is 5.74. The summed E-state index contributed by atoms with van der Waals surface area (Å²) < 4.78 is 44.7. The van der Waals surface area contributed by atoms with E-state index < -0.39 is 11.7 Å². The number of hydrogen-bond acceptors (Lipinski definition) is 2. The molecule has 3 fully saturated rings. The highest BCUT2D eigenvalue weighted by Crippen LogP contribution is 2.60. The summed E-state index contributed by atoms with van der Waals surface area (Å²) in [6.45, 7) is 1.12. The average molecular weight is 381 g/mol. The highest BCUT2D eigenvalue weighted by Gasteiger charge is 2.65. The van der Waals surface area contributed by atoms with Crippen LogP contribution >= 0.6 is 0 Å². The summed E-state index contributed by atoms with van der Waals surface area (Å²) >= 11 is 0. The lowest BCUT2D eigenvalue weighted by Gasteiger charge is -2.57. The van der Waals surface area contributed by atoms with Gasteiger partial charge >= 0.3 is 6.18 Å². The van der Waals surface area contributed by atoms with E-state index >= 15 is 0 Å². The molecule has 2 aliphatic carbocycles. The molecule has 1 aliphatic heterocycles. The Labute approximate surface area is 157 Å². The predicted molar refractivity (Wildman–Crippen MR) is 97.3 cm³/mol. The van der Waals surface area contributed by atoms with Gasteiger partial charge < -0.3 is 15.4 Å². The van der Waals surface area contributed by atoms with E-state index in [9.17, 15) is 13.2 Å². The first-order valence-electron chi connectivity index (χ1n) is 9.69. The Morgan fingerprint density at radius 3 is 2.78 bits per heavy atom. The van der Waals surface area contributed by atoms with Crippen molar-refractivity contribution in [3.63, 3.8) is 0 Å². The van der Waals surface area contributed by atoms with Gasteiger partial charge in [-0.05, 0) is 37.0 Å². The summed E-state index contributed by atoms with van der Waals surface area (Å²) in [6.07, 6.45) is 1.93. The van der Waals surface area contributed by atoms with E-state index in [1.165, 1.54) is 37.8 Å². The molecule has 3 aliphatic rings. The van der Waals surface area contributed by atoms with Gasteiger partial charge in [0.1, 0.15) is 0 Å². The van der Waals surface area contributed by atoms with Crippen molar-refractivity contribution in [2.45, 2.75) is 57.0 Å². The van der Waals surface area contributed by atoms with E-state index in [0.717, 1.165) is 19.1 Å². The molecule has 7 heteroatoms. The zero-order chi connectivity index (χ0) is 19.1. The fourth-order valence-electron chi connectivity index (χ4n) is 5.29. The molecule has 148 valence electrons. The number of fused-ring (bicyclic) bond motifs is 2. The van der Waals surface area contributed by atoms with Crippen LogP contribution in [0.2, 0.25) is 0 Å². The summed E-state index contributed by atoms with van der Waals surface area (Å²) in [5, 5.41) is 6.74. The maximum absolute atomic E-state index is 12.9. The molecule has 1 aromatic rings. The average Bonchev–Trinajstić information content (AvgIpc) is 3.30. The maximum Gasteiger partial charge on any atom is 0.416 e. The van der Waals surface area contributed by atoms with Gasteiger partial charge in [-0.25, -0.2) is 0 Å². The number of hydrogen-bond donors (Lipinski definition) is 2. The van der Waals surface area contributed by atoms with Crippen LogP contribution in [0.5, 0.6) is 0 Å². The largest absolute Gasteiger partial charge is 0.416 e. The number of benzene rings is 1. The molecule has 4 nitrogen and oxygen atoms in total. The van der Waals surface area contributed by atoms with Crippen molar-refractivity contribution >= 4 is 5.96 Å². The first-order chi connectivity index (χ1) is 12.9. The van der Waals surface area contributed by atoms with Crippen molar-refractivity contribution in [1.29, 1.82) is 0 Å². The van der Waals surface area contributed by atoms with Gasteiger partial charge in [0.05, 0.1) is 11.7 Å². The number of aliphatic imine (C=N–C) groups is 1. The zero-order valence-electron chi connectivity index (χ0n) is 15.5.